The van der Waals surface area contributed by atoms with Crippen molar-refractivity contribution in [3.8, 4) is 0 Å². The summed E-state index contributed by atoms with van der Waals surface area (Å²) in [4.78, 5) is 20.8. The van der Waals surface area contributed by atoms with Crippen LogP contribution in [0.4, 0.5) is 0 Å². The fraction of sp³-hybridized carbons (Fsp3) is 0.750. The lowest BCUT2D eigenvalue weighted by Crippen LogP contribution is -2.44. The minimum atomic E-state index is 0. The maximum absolute atomic E-state index is 12.8. The first-order valence-corrected chi connectivity index (χ1v) is 8.84. The maximum atomic E-state index is 12.8. The van der Waals surface area contributed by atoms with Crippen LogP contribution < -0.4 is 5.32 Å². The minimum absolute atomic E-state index is 0. The van der Waals surface area contributed by atoms with Crippen LogP contribution in [0.25, 0.3) is 0 Å². The number of hydrogen-bond donors (Lipinski definition) is 1. The van der Waals surface area contributed by atoms with Crippen LogP contribution in [0.5, 0.6) is 0 Å². The minimum Gasteiger partial charge on any atom is -0.338 e. The third-order valence-electron chi connectivity index (χ3n) is 4.82. The zero-order chi connectivity index (χ0) is 15.0. The molecule has 132 valence electrons. The van der Waals surface area contributed by atoms with Gasteiger partial charge in [-0.15, -0.1) is 36.2 Å². The van der Waals surface area contributed by atoms with Gasteiger partial charge in [-0.25, -0.2) is 4.98 Å². The molecule has 1 N–H and O–H groups in total. The van der Waals surface area contributed by atoms with E-state index in [1.54, 1.807) is 11.3 Å². The lowest BCUT2D eigenvalue weighted by Gasteiger charge is -2.35. The highest BCUT2D eigenvalue weighted by Gasteiger charge is 2.34. The van der Waals surface area contributed by atoms with Gasteiger partial charge in [-0.05, 0) is 52.5 Å². The molecular weight excluding hydrogens is 353 g/mol. The van der Waals surface area contributed by atoms with Crippen LogP contribution in [0.15, 0.2) is 0 Å². The van der Waals surface area contributed by atoms with Crippen molar-refractivity contribution < 1.29 is 4.79 Å². The van der Waals surface area contributed by atoms with E-state index >= 15 is 0 Å². The number of piperidine rings is 1. The van der Waals surface area contributed by atoms with Crippen molar-refractivity contribution in [2.75, 3.05) is 13.6 Å². The highest BCUT2D eigenvalue weighted by Crippen LogP contribution is 2.38. The largest absolute Gasteiger partial charge is 0.338 e. The molecule has 1 aliphatic heterocycles. The summed E-state index contributed by atoms with van der Waals surface area (Å²) < 4.78 is 0. The zero-order valence-corrected chi connectivity index (χ0v) is 16.5. The molecule has 0 saturated carbocycles. The van der Waals surface area contributed by atoms with Crippen molar-refractivity contribution in [2.24, 2.45) is 5.92 Å². The molecule has 0 bridgehead atoms. The Morgan fingerprint density at radius 3 is 2.78 bits per heavy atom. The molecule has 3 rings (SSSR count). The summed E-state index contributed by atoms with van der Waals surface area (Å²) in [5.41, 5.74) is 1.23. The summed E-state index contributed by atoms with van der Waals surface area (Å²) in [7, 11) is 1.99. The molecule has 0 radical (unpaired) electrons. The highest BCUT2D eigenvalue weighted by molar-refractivity contribution is 7.11. The average Bonchev–Trinajstić information content (AvgIpc) is 2.85. The highest BCUT2D eigenvalue weighted by atomic mass is 35.5. The van der Waals surface area contributed by atoms with Crippen LogP contribution in [0.3, 0.4) is 0 Å². The molecular formula is C16H27Cl2N3OS. The van der Waals surface area contributed by atoms with Crippen molar-refractivity contribution >= 4 is 42.1 Å². The molecule has 2 aliphatic rings. The van der Waals surface area contributed by atoms with Gasteiger partial charge in [-0.1, -0.05) is 0 Å². The first-order chi connectivity index (χ1) is 10.1. The van der Waals surface area contributed by atoms with E-state index in [2.05, 4.69) is 24.1 Å². The van der Waals surface area contributed by atoms with Crippen LogP contribution in [-0.2, 0) is 11.2 Å². The third kappa shape index (κ3) is 4.38. The number of carbonyl (C=O) groups excluding carboxylic acids is 1. The molecule has 2 heterocycles. The Morgan fingerprint density at radius 1 is 1.35 bits per heavy atom. The molecule has 4 nitrogen and oxygen atoms in total. The van der Waals surface area contributed by atoms with E-state index < -0.39 is 0 Å². The number of aryl methyl sites for hydroxylation is 2. The van der Waals surface area contributed by atoms with Gasteiger partial charge in [0.25, 0.3) is 0 Å². The topological polar surface area (TPSA) is 45.2 Å². The second kappa shape index (κ2) is 8.65. The van der Waals surface area contributed by atoms with E-state index in [4.69, 9.17) is 0 Å². The Hall–Kier alpha value is -0.360. The fourth-order valence-corrected chi connectivity index (χ4v) is 4.84. The molecule has 1 amide bonds. The SMILES string of the molecule is Cc1nc2c(s1)C(N(C)C(=O)[C@H]1CCN[C@@H](C)C1)CCC2.Cl.Cl. The summed E-state index contributed by atoms with van der Waals surface area (Å²) in [6.45, 7) is 5.20. The van der Waals surface area contributed by atoms with E-state index in [0.29, 0.717) is 11.9 Å². The van der Waals surface area contributed by atoms with E-state index in [1.807, 2.05) is 11.9 Å². The van der Waals surface area contributed by atoms with Gasteiger partial charge in [0.2, 0.25) is 5.91 Å². The Bertz CT molecular complexity index is 537. The molecule has 1 saturated heterocycles. The molecule has 1 aliphatic carbocycles. The van der Waals surface area contributed by atoms with Gasteiger partial charge in [0.05, 0.1) is 21.6 Å². The van der Waals surface area contributed by atoms with Crippen LogP contribution in [0.2, 0.25) is 0 Å². The Labute approximate surface area is 155 Å². The molecule has 0 aromatic carbocycles. The molecule has 7 heteroatoms. The first kappa shape index (κ1) is 20.7. The molecule has 1 aromatic heterocycles. The number of halogens is 2. The zero-order valence-electron chi connectivity index (χ0n) is 14.0. The number of nitrogens with one attached hydrogen (secondary N) is 1. The van der Waals surface area contributed by atoms with E-state index in [0.717, 1.165) is 43.7 Å². The predicted octanol–water partition coefficient (Wildman–Crippen LogP) is 3.52. The van der Waals surface area contributed by atoms with E-state index in [9.17, 15) is 4.79 Å². The summed E-state index contributed by atoms with van der Waals surface area (Å²) in [6.07, 6.45) is 5.22. The van der Waals surface area contributed by atoms with Crippen molar-refractivity contribution in [2.45, 2.75) is 58.0 Å². The van der Waals surface area contributed by atoms with Crippen molar-refractivity contribution in [3.05, 3.63) is 15.6 Å². The quantitative estimate of drug-likeness (QED) is 0.854. The maximum Gasteiger partial charge on any atom is 0.226 e. The number of thiazole rings is 1. The van der Waals surface area contributed by atoms with Crippen LogP contribution >= 0.6 is 36.2 Å². The number of nitrogens with zero attached hydrogens (tertiary/aromatic N) is 2. The molecule has 1 unspecified atom stereocenters. The number of hydrogen-bond acceptors (Lipinski definition) is 4. The predicted molar refractivity (Wildman–Crippen MR) is 100.0 cm³/mol. The smallest absolute Gasteiger partial charge is 0.226 e. The van der Waals surface area contributed by atoms with Gasteiger partial charge in [-0.2, -0.15) is 0 Å². The Balaban J connectivity index is 0.00000132. The summed E-state index contributed by atoms with van der Waals surface area (Å²) in [5.74, 6) is 0.512. The van der Waals surface area contributed by atoms with Gasteiger partial charge in [-0.3, -0.25) is 4.79 Å². The van der Waals surface area contributed by atoms with Crippen LogP contribution in [0.1, 0.15) is 54.2 Å². The lowest BCUT2D eigenvalue weighted by molar-refractivity contribution is -0.137. The van der Waals surface area contributed by atoms with Gasteiger partial charge < -0.3 is 10.2 Å². The summed E-state index contributed by atoms with van der Waals surface area (Å²) >= 11 is 1.77. The number of fused-ring (bicyclic) bond motifs is 1. The first-order valence-electron chi connectivity index (χ1n) is 8.02. The van der Waals surface area contributed by atoms with Crippen molar-refractivity contribution in [1.29, 1.82) is 0 Å². The molecule has 23 heavy (non-hydrogen) atoms. The number of aromatic nitrogens is 1. The van der Waals surface area contributed by atoms with Gasteiger partial charge >= 0.3 is 0 Å². The normalized spacial score (nSPS) is 26.5. The fourth-order valence-electron chi connectivity index (χ4n) is 3.69. The molecule has 0 spiro atoms. The van der Waals surface area contributed by atoms with Crippen molar-refractivity contribution in [1.82, 2.24) is 15.2 Å². The summed E-state index contributed by atoms with van der Waals surface area (Å²) in [5, 5.41) is 4.55. The van der Waals surface area contributed by atoms with E-state index in [1.165, 1.54) is 10.6 Å². The van der Waals surface area contributed by atoms with Gasteiger partial charge in [0, 0.05) is 19.0 Å². The number of amides is 1. The van der Waals surface area contributed by atoms with E-state index in [-0.39, 0.29) is 36.8 Å². The Morgan fingerprint density at radius 2 is 2.09 bits per heavy atom. The third-order valence-corrected chi connectivity index (χ3v) is 5.93. The second-order valence-corrected chi connectivity index (χ2v) is 7.71. The van der Waals surface area contributed by atoms with Crippen molar-refractivity contribution in [3.63, 3.8) is 0 Å². The molecule has 1 fully saturated rings. The van der Waals surface area contributed by atoms with Crippen LogP contribution in [-0.4, -0.2) is 35.4 Å². The Kier molecular flexibility index (Phi) is 7.78. The standard InChI is InChI=1S/C16H25N3OS.2ClH/c1-10-9-12(7-8-17-10)16(20)19(3)14-6-4-5-13-15(14)21-11(2)18-13;;/h10,12,14,17H,4-9H2,1-3H3;2*1H/t10-,12-,14?;;/m0../s1. The monoisotopic (exact) mass is 379 g/mol. The lowest BCUT2D eigenvalue weighted by atomic mass is 9.90. The van der Waals surface area contributed by atoms with Crippen LogP contribution in [0, 0.1) is 12.8 Å². The summed E-state index contributed by atoms with van der Waals surface area (Å²) in [6, 6.07) is 0.700. The number of carbonyl (C=O) groups is 1. The molecule has 3 atom stereocenters. The van der Waals surface area contributed by atoms with Gasteiger partial charge in [0.15, 0.2) is 0 Å². The van der Waals surface area contributed by atoms with Gasteiger partial charge in [0.1, 0.15) is 0 Å². The second-order valence-electron chi connectivity index (χ2n) is 6.48. The molecule has 1 aromatic rings. The average molecular weight is 380 g/mol. The number of rotatable bonds is 2.